The highest BCUT2D eigenvalue weighted by Crippen LogP contribution is 2.24. The predicted molar refractivity (Wildman–Crippen MR) is 107 cm³/mol. The molecule has 2 amide bonds. The molecule has 2 heterocycles. The Bertz CT molecular complexity index is 987. The molecule has 0 aromatic heterocycles. The Morgan fingerprint density at radius 3 is 2.03 bits per heavy atom. The van der Waals surface area contributed by atoms with Crippen molar-refractivity contribution in [2.75, 3.05) is 26.2 Å². The minimum Gasteiger partial charge on any atom is -0.289 e. The van der Waals surface area contributed by atoms with E-state index in [-0.39, 0.29) is 29.7 Å². The summed E-state index contributed by atoms with van der Waals surface area (Å²) in [6, 6.07) is 17.3. The molecule has 2 aromatic carbocycles. The van der Waals surface area contributed by atoms with E-state index in [0.717, 1.165) is 5.56 Å². The lowest BCUT2D eigenvalue weighted by molar-refractivity contribution is -0.140. The third-order valence-corrected chi connectivity index (χ3v) is 7.41. The van der Waals surface area contributed by atoms with Crippen LogP contribution in [0.5, 0.6) is 0 Å². The molecule has 2 aliphatic heterocycles. The number of carbonyl (C=O) groups is 2. The highest BCUT2D eigenvalue weighted by Gasteiger charge is 2.43. The average molecular weight is 413 g/mol. The van der Waals surface area contributed by atoms with Gasteiger partial charge in [-0.3, -0.25) is 19.4 Å². The van der Waals surface area contributed by atoms with Crippen LogP contribution in [-0.4, -0.2) is 66.6 Å². The van der Waals surface area contributed by atoms with Crippen LogP contribution in [0.15, 0.2) is 65.6 Å². The molecule has 29 heavy (non-hydrogen) atoms. The van der Waals surface area contributed by atoms with Gasteiger partial charge in [-0.25, -0.2) is 8.42 Å². The van der Waals surface area contributed by atoms with E-state index < -0.39 is 16.1 Å². The van der Waals surface area contributed by atoms with Gasteiger partial charge in [-0.2, -0.15) is 4.31 Å². The van der Waals surface area contributed by atoms with Gasteiger partial charge < -0.3 is 0 Å². The Labute approximate surface area is 170 Å². The summed E-state index contributed by atoms with van der Waals surface area (Å²) in [5.74, 6) is -0.374. The van der Waals surface area contributed by atoms with Gasteiger partial charge in [0.25, 0.3) is 0 Å². The zero-order chi connectivity index (χ0) is 20.4. The standard InChI is InChI=1S/C21H23N3O4S/c25-20-15-19(21(26)24(20)16-17-7-3-1-4-8-17)22-11-13-23(14-12-22)29(27,28)18-9-5-2-6-10-18/h1-10,19H,11-16H2/t19-/m0/s1. The van der Waals surface area contributed by atoms with Crippen LogP contribution in [0.1, 0.15) is 12.0 Å². The lowest BCUT2D eigenvalue weighted by atomic mass is 10.2. The SMILES string of the molecule is O=C1C[C@H](N2CCN(S(=O)(=O)c3ccccc3)CC2)C(=O)N1Cc1ccccc1. The summed E-state index contributed by atoms with van der Waals surface area (Å²) >= 11 is 0. The van der Waals surface area contributed by atoms with E-state index in [0.29, 0.717) is 26.2 Å². The monoisotopic (exact) mass is 413 g/mol. The molecule has 0 bridgehead atoms. The van der Waals surface area contributed by atoms with Crippen LogP contribution in [-0.2, 0) is 26.2 Å². The smallest absolute Gasteiger partial charge is 0.247 e. The Balaban J connectivity index is 1.40. The van der Waals surface area contributed by atoms with Gasteiger partial charge in [-0.1, -0.05) is 48.5 Å². The van der Waals surface area contributed by atoms with Crippen LogP contribution in [0, 0.1) is 0 Å². The molecule has 0 saturated carbocycles. The van der Waals surface area contributed by atoms with Gasteiger partial charge in [-0.15, -0.1) is 0 Å². The molecule has 0 aliphatic carbocycles. The Hall–Kier alpha value is -2.55. The second-order valence-electron chi connectivity index (χ2n) is 7.28. The minimum atomic E-state index is -3.54. The average Bonchev–Trinajstić information content (AvgIpc) is 3.03. The van der Waals surface area contributed by atoms with E-state index in [9.17, 15) is 18.0 Å². The zero-order valence-corrected chi connectivity index (χ0v) is 16.8. The molecule has 0 N–H and O–H groups in total. The van der Waals surface area contributed by atoms with Gasteiger partial charge in [0, 0.05) is 26.2 Å². The lowest BCUT2D eigenvalue weighted by Gasteiger charge is -2.36. The van der Waals surface area contributed by atoms with Gasteiger partial charge in [0.1, 0.15) is 0 Å². The molecule has 2 fully saturated rings. The molecule has 2 aromatic rings. The molecule has 7 nitrogen and oxygen atoms in total. The second kappa shape index (κ2) is 8.06. The first kappa shape index (κ1) is 19.8. The third kappa shape index (κ3) is 3.96. The zero-order valence-electron chi connectivity index (χ0n) is 16.0. The maximum absolute atomic E-state index is 12.9. The highest BCUT2D eigenvalue weighted by molar-refractivity contribution is 7.89. The number of piperazine rings is 1. The molecule has 1 atom stereocenters. The highest BCUT2D eigenvalue weighted by atomic mass is 32.2. The van der Waals surface area contributed by atoms with E-state index in [1.165, 1.54) is 9.21 Å². The number of hydrogen-bond acceptors (Lipinski definition) is 5. The summed E-state index contributed by atoms with van der Waals surface area (Å²) in [6.07, 6.45) is 0.150. The van der Waals surface area contributed by atoms with Crippen molar-refractivity contribution in [3.05, 3.63) is 66.2 Å². The molecular formula is C21H23N3O4S. The molecule has 0 spiro atoms. The molecule has 8 heteroatoms. The first-order valence-electron chi connectivity index (χ1n) is 9.64. The number of rotatable bonds is 5. The summed E-state index contributed by atoms with van der Waals surface area (Å²) in [7, 11) is -3.54. The first-order chi connectivity index (χ1) is 14.0. The van der Waals surface area contributed by atoms with Crippen LogP contribution in [0.4, 0.5) is 0 Å². The van der Waals surface area contributed by atoms with Crippen LogP contribution in [0.25, 0.3) is 0 Å². The molecule has 0 radical (unpaired) electrons. The third-order valence-electron chi connectivity index (χ3n) is 5.50. The summed E-state index contributed by atoms with van der Waals surface area (Å²) in [5, 5.41) is 0. The largest absolute Gasteiger partial charge is 0.289 e. The number of benzene rings is 2. The van der Waals surface area contributed by atoms with Crippen molar-refractivity contribution in [2.45, 2.75) is 23.9 Å². The molecular weight excluding hydrogens is 390 g/mol. The normalized spacial score (nSPS) is 21.7. The van der Waals surface area contributed by atoms with E-state index in [4.69, 9.17) is 0 Å². The van der Waals surface area contributed by atoms with Crippen molar-refractivity contribution in [1.29, 1.82) is 0 Å². The Kier molecular flexibility index (Phi) is 5.49. The van der Waals surface area contributed by atoms with Crippen LogP contribution < -0.4 is 0 Å². The van der Waals surface area contributed by atoms with Crippen molar-refractivity contribution in [1.82, 2.24) is 14.1 Å². The van der Waals surface area contributed by atoms with Gasteiger partial charge in [0.05, 0.1) is 23.9 Å². The number of likely N-dealkylation sites (tertiary alicyclic amines) is 1. The summed E-state index contributed by atoms with van der Waals surface area (Å²) in [5.41, 5.74) is 0.911. The van der Waals surface area contributed by atoms with Crippen molar-refractivity contribution in [2.24, 2.45) is 0 Å². The fourth-order valence-corrected chi connectivity index (χ4v) is 5.32. The molecule has 2 saturated heterocycles. The lowest BCUT2D eigenvalue weighted by Crippen LogP contribution is -2.53. The summed E-state index contributed by atoms with van der Waals surface area (Å²) in [4.78, 5) is 28.8. The fourth-order valence-electron chi connectivity index (χ4n) is 3.88. The van der Waals surface area contributed by atoms with Crippen molar-refractivity contribution in [3.63, 3.8) is 0 Å². The maximum atomic E-state index is 12.9. The molecule has 0 unspecified atom stereocenters. The van der Waals surface area contributed by atoms with E-state index in [1.54, 1.807) is 30.3 Å². The van der Waals surface area contributed by atoms with E-state index in [2.05, 4.69) is 0 Å². The quantitative estimate of drug-likeness (QED) is 0.691. The molecule has 152 valence electrons. The van der Waals surface area contributed by atoms with Gasteiger partial charge in [0.15, 0.2) is 0 Å². The van der Waals surface area contributed by atoms with Crippen LogP contribution in [0.3, 0.4) is 0 Å². The number of carbonyl (C=O) groups excluding carboxylic acids is 2. The number of imide groups is 1. The predicted octanol–water partition coefficient (Wildman–Crippen LogP) is 1.32. The van der Waals surface area contributed by atoms with Gasteiger partial charge in [-0.05, 0) is 17.7 Å². The van der Waals surface area contributed by atoms with Crippen molar-refractivity contribution >= 4 is 21.8 Å². The van der Waals surface area contributed by atoms with Crippen LogP contribution in [0.2, 0.25) is 0 Å². The van der Waals surface area contributed by atoms with Gasteiger partial charge >= 0.3 is 0 Å². The number of amides is 2. The first-order valence-corrected chi connectivity index (χ1v) is 11.1. The summed E-state index contributed by atoms with van der Waals surface area (Å²) < 4.78 is 27.0. The second-order valence-corrected chi connectivity index (χ2v) is 9.21. The molecule has 2 aliphatic rings. The Morgan fingerprint density at radius 1 is 0.828 bits per heavy atom. The maximum Gasteiger partial charge on any atom is 0.247 e. The van der Waals surface area contributed by atoms with Crippen LogP contribution >= 0.6 is 0 Å². The minimum absolute atomic E-state index is 0.150. The van der Waals surface area contributed by atoms with E-state index >= 15 is 0 Å². The Morgan fingerprint density at radius 2 is 1.41 bits per heavy atom. The number of hydrogen-bond donors (Lipinski definition) is 0. The van der Waals surface area contributed by atoms with Crippen molar-refractivity contribution in [3.8, 4) is 0 Å². The van der Waals surface area contributed by atoms with E-state index in [1.807, 2.05) is 35.2 Å². The fraction of sp³-hybridized carbons (Fsp3) is 0.333. The number of nitrogens with zero attached hydrogens (tertiary/aromatic N) is 3. The topological polar surface area (TPSA) is 78.0 Å². The van der Waals surface area contributed by atoms with Gasteiger partial charge in [0.2, 0.25) is 21.8 Å². The summed E-state index contributed by atoms with van der Waals surface area (Å²) in [6.45, 7) is 1.73. The van der Waals surface area contributed by atoms with Crippen molar-refractivity contribution < 1.29 is 18.0 Å². The molecule has 4 rings (SSSR count). The number of sulfonamides is 1.